The summed E-state index contributed by atoms with van der Waals surface area (Å²) in [5, 5.41) is 3.01. The molecule has 0 heterocycles. The maximum Gasteiger partial charge on any atom is 0.161 e. The number of nitrogens with one attached hydrogen (secondary N) is 1. The van der Waals surface area contributed by atoms with Crippen LogP contribution < -0.4 is 5.32 Å². The van der Waals surface area contributed by atoms with Gasteiger partial charge < -0.3 is 5.32 Å². The average Bonchev–Trinajstić information content (AvgIpc) is 2.64. The Morgan fingerprint density at radius 1 is 1.48 bits per heavy atom. The Morgan fingerprint density at radius 3 is 2.71 bits per heavy atom. The van der Waals surface area contributed by atoms with Crippen LogP contribution in [-0.2, 0) is 4.79 Å². The van der Waals surface area contributed by atoms with E-state index < -0.39 is 0 Å². The smallest absolute Gasteiger partial charge is 0.161 e. The van der Waals surface area contributed by atoms with Crippen LogP contribution in [0.2, 0.25) is 0 Å². The van der Waals surface area contributed by atoms with Crippen LogP contribution in [0.1, 0.15) is 33.6 Å². The third-order valence-corrected chi connectivity index (χ3v) is 3.22. The highest BCUT2D eigenvalue weighted by Gasteiger charge is 2.13. The van der Waals surface area contributed by atoms with Gasteiger partial charge >= 0.3 is 0 Å². The molecule has 3 heteroatoms. The van der Waals surface area contributed by atoms with E-state index in [4.69, 9.17) is 0 Å². The number of halogens is 1. The van der Waals surface area contributed by atoms with E-state index in [0.29, 0.717) is 17.0 Å². The van der Waals surface area contributed by atoms with Gasteiger partial charge in [0.05, 0.1) is 5.70 Å². The molecule has 0 atom stereocenters. The van der Waals surface area contributed by atoms with Crippen molar-refractivity contribution in [2.24, 2.45) is 0 Å². The van der Waals surface area contributed by atoms with Crippen molar-refractivity contribution in [3.63, 3.8) is 0 Å². The fraction of sp³-hybridized carbons (Fsp3) is 0.278. The van der Waals surface area contributed by atoms with Crippen LogP contribution in [0.4, 0.5) is 4.39 Å². The molecular weight excluding hydrogens is 265 g/mol. The summed E-state index contributed by atoms with van der Waals surface area (Å²) in [5.41, 5.74) is 2.54. The van der Waals surface area contributed by atoms with Gasteiger partial charge in [-0.3, -0.25) is 4.79 Å². The third-order valence-electron chi connectivity index (χ3n) is 3.22. The summed E-state index contributed by atoms with van der Waals surface area (Å²) < 4.78 is 14.1. The fourth-order valence-corrected chi connectivity index (χ4v) is 2.01. The predicted molar refractivity (Wildman–Crippen MR) is 86.1 cm³/mol. The zero-order valence-corrected chi connectivity index (χ0v) is 12.9. The standard InChI is InChI=1S/C18H22FNO/c1-5-8-15(13(4)21)17(7-3)20-18-12-10-14(6-2)9-11-16(18)19/h5,7-10,12,20H,1,6,11H2,2-4H3/b15-8-,17-7+. The average molecular weight is 287 g/mol. The second-order valence-electron chi connectivity index (χ2n) is 4.69. The highest BCUT2D eigenvalue weighted by atomic mass is 19.1. The lowest BCUT2D eigenvalue weighted by molar-refractivity contribution is -0.113. The molecule has 1 aliphatic rings. The number of hydrogen-bond donors (Lipinski definition) is 1. The van der Waals surface area contributed by atoms with Gasteiger partial charge in [-0.15, -0.1) is 0 Å². The van der Waals surface area contributed by atoms with Crippen molar-refractivity contribution < 1.29 is 9.18 Å². The Kier molecular flexibility index (Phi) is 6.60. The summed E-state index contributed by atoms with van der Waals surface area (Å²) in [6.07, 6.45) is 11.5. The second-order valence-corrected chi connectivity index (χ2v) is 4.69. The van der Waals surface area contributed by atoms with Gasteiger partial charge in [0, 0.05) is 17.7 Å². The van der Waals surface area contributed by atoms with E-state index >= 15 is 0 Å². The maximum absolute atomic E-state index is 14.1. The maximum atomic E-state index is 14.1. The largest absolute Gasteiger partial charge is 0.353 e. The van der Waals surface area contributed by atoms with E-state index in [1.54, 1.807) is 31.2 Å². The summed E-state index contributed by atoms with van der Waals surface area (Å²) in [6.45, 7) is 8.92. The number of allylic oxidation sites excluding steroid dienone is 9. The van der Waals surface area contributed by atoms with Gasteiger partial charge in [-0.05, 0) is 32.4 Å². The minimum Gasteiger partial charge on any atom is -0.353 e. The zero-order chi connectivity index (χ0) is 15.8. The molecule has 0 fully saturated rings. The topological polar surface area (TPSA) is 29.1 Å². The number of rotatable bonds is 6. The Labute approximate surface area is 126 Å². The molecule has 0 radical (unpaired) electrons. The molecule has 1 N–H and O–H groups in total. The molecule has 0 aliphatic heterocycles. The summed E-state index contributed by atoms with van der Waals surface area (Å²) in [6, 6.07) is 0. The van der Waals surface area contributed by atoms with Crippen molar-refractivity contribution >= 4 is 5.78 Å². The van der Waals surface area contributed by atoms with Crippen LogP contribution in [0, 0.1) is 0 Å². The molecule has 2 nitrogen and oxygen atoms in total. The van der Waals surface area contributed by atoms with E-state index in [1.807, 2.05) is 19.1 Å². The Balaban J connectivity index is 3.05. The van der Waals surface area contributed by atoms with Gasteiger partial charge in [-0.25, -0.2) is 4.39 Å². The number of carbonyl (C=O) groups excluding carboxylic acids is 1. The van der Waals surface area contributed by atoms with Crippen LogP contribution in [0.3, 0.4) is 0 Å². The van der Waals surface area contributed by atoms with Gasteiger partial charge in [0.1, 0.15) is 5.83 Å². The van der Waals surface area contributed by atoms with Gasteiger partial charge in [-0.2, -0.15) is 0 Å². The minimum absolute atomic E-state index is 0.0959. The molecular formula is C18H22FNO. The lowest BCUT2D eigenvalue weighted by atomic mass is 10.1. The molecule has 112 valence electrons. The monoisotopic (exact) mass is 287 g/mol. The fourth-order valence-electron chi connectivity index (χ4n) is 2.01. The molecule has 0 amide bonds. The Bertz CT molecular complexity index is 574. The molecule has 0 saturated carbocycles. The van der Waals surface area contributed by atoms with Crippen molar-refractivity contribution in [3.05, 3.63) is 71.4 Å². The van der Waals surface area contributed by atoms with Crippen LogP contribution in [0.25, 0.3) is 0 Å². The first-order valence-corrected chi connectivity index (χ1v) is 7.06. The summed E-state index contributed by atoms with van der Waals surface area (Å²) in [5.74, 6) is -0.336. The highest BCUT2D eigenvalue weighted by Crippen LogP contribution is 2.21. The van der Waals surface area contributed by atoms with Crippen LogP contribution >= 0.6 is 0 Å². The van der Waals surface area contributed by atoms with E-state index in [-0.39, 0.29) is 18.0 Å². The number of ketones is 1. The molecule has 0 unspecified atom stereocenters. The predicted octanol–water partition coefficient (Wildman–Crippen LogP) is 4.66. The lowest BCUT2D eigenvalue weighted by Gasteiger charge is -2.13. The van der Waals surface area contributed by atoms with Crippen LogP contribution in [0.15, 0.2) is 71.4 Å². The van der Waals surface area contributed by atoms with Crippen molar-refractivity contribution in [3.8, 4) is 0 Å². The quantitative estimate of drug-likeness (QED) is 0.568. The highest BCUT2D eigenvalue weighted by molar-refractivity contribution is 5.97. The second kappa shape index (κ2) is 8.20. The van der Waals surface area contributed by atoms with Crippen LogP contribution in [-0.4, -0.2) is 5.78 Å². The first kappa shape index (κ1) is 16.9. The molecule has 0 aromatic heterocycles. The first-order valence-electron chi connectivity index (χ1n) is 7.06. The van der Waals surface area contributed by atoms with Crippen LogP contribution in [0.5, 0.6) is 0 Å². The molecule has 1 rings (SSSR count). The summed E-state index contributed by atoms with van der Waals surface area (Å²) >= 11 is 0. The van der Waals surface area contributed by atoms with Crippen molar-refractivity contribution in [2.75, 3.05) is 0 Å². The Morgan fingerprint density at radius 2 is 2.19 bits per heavy atom. The van der Waals surface area contributed by atoms with Crippen molar-refractivity contribution in [1.29, 1.82) is 0 Å². The van der Waals surface area contributed by atoms with E-state index in [1.165, 1.54) is 6.92 Å². The van der Waals surface area contributed by atoms with E-state index in [2.05, 4.69) is 11.9 Å². The minimum atomic E-state index is -0.240. The van der Waals surface area contributed by atoms with Gasteiger partial charge in [0.25, 0.3) is 0 Å². The number of hydrogen-bond acceptors (Lipinski definition) is 2. The summed E-state index contributed by atoms with van der Waals surface area (Å²) in [4.78, 5) is 11.7. The van der Waals surface area contributed by atoms with Gasteiger partial charge in [-0.1, -0.05) is 43.4 Å². The third kappa shape index (κ3) is 4.71. The first-order chi connectivity index (χ1) is 10.0. The molecule has 21 heavy (non-hydrogen) atoms. The SMILES string of the molecule is C=C/C=C(C(C)=O)\C(=C/C)NC1=C(F)CC=C(CC)C=C1. The molecule has 0 saturated heterocycles. The van der Waals surface area contributed by atoms with Gasteiger partial charge in [0.15, 0.2) is 5.78 Å². The van der Waals surface area contributed by atoms with E-state index in [9.17, 15) is 9.18 Å². The lowest BCUT2D eigenvalue weighted by Crippen LogP contribution is -2.17. The van der Waals surface area contributed by atoms with E-state index in [0.717, 1.165) is 12.0 Å². The zero-order valence-electron chi connectivity index (χ0n) is 12.9. The van der Waals surface area contributed by atoms with Gasteiger partial charge in [0.2, 0.25) is 0 Å². The molecule has 1 aliphatic carbocycles. The van der Waals surface area contributed by atoms with Crippen molar-refractivity contribution in [1.82, 2.24) is 5.32 Å². The normalized spacial score (nSPS) is 16.5. The van der Waals surface area contributed by atoms with Crippen molar-refractivity contribution in [2.45, 2.75) is 33.6 Å². The summed E-state index contributed by atoms with van der Waals surface area (Å²) in [7, 11) is 0. The molecule has 0 aromatic carbocycles. The molecule has 0 bridgehead atoms. The molecule has 0 spiro atoms. The Hall–Kier alpha value is -2.16. The number of Topliss-reactive ketones (excluding diaryl/α,β-unsaturated/α-hetero) is 1. The number of carbonyl (C=O) groups is 1. The molecule has 0 aromatic rings.